The lowest BCUT2D eigenvalue weighted by Gasteiger charge is -2.06. The Morgan fingerprint density at radius 2 is 2.29 bits per heavy atom. The molecule has 1 unspecified atom stereocenters. The van der Waals surface area contributed by atoms with Crippen LogP contribution in [0.1, 0.15) is 12.5 Å². The van der Waals surface area contributed by atoms with Gasteiger partial charge >= 0.3 is 0 Å². The van der Waals surface area contributed by atoms with E-state index in [2.05, 4.69) is 10.6 Å². The van der Waals surface area contributed by atoms with Gasteiger partial charge in [-0.25, -0.2) is 4.39 Å². The molecule has 1 atom stereocenters. The van der Waals surface area contributed by atoms with E-state index >= 15 is 0 Å². The number of fused-ring (bicyclic) bond motifs is 1. The summed E-state index contributed by atoms with van der Waals surface area (Å²) in [5.74, 6) is -0.465. The average Bonchev–Trinajstić information content (AvgIpc) is 2.27. The molecule has 0 saturated heterocycles. The van der Waals surface area contributed by atoms with Crippen LogP contribution < -0.4 is 10.6 Å². The van der Waals surface area contributed by atoms with Gasteiger partial charge in [0.15, 0.2) is 0 Å². The minimum absolute atomic E-state index is 0.130. The molecule has 0 radical (unpaired) electrons. The van der Waals surface area contributed by atoms with Crippen molar-refractivity contribution in [3.8, 4) is 0 Å². The summed E-state index contributed by atoms with van der Waals surface area (Å²) >= 11 is 0. The van der Waals surface area contributed by atoms with Crippen LogP contribution in [0.2, 0.25) is 0 Å². The number of nitrogens with one attached hydrogen (secondary N) is 2. The van der Waals surface area contributed by atoms with Gasteiger partial charge in [-0.3, -0.25) is 4.79 Å². The zero-order chi connectivity index (χ0) is 10.1. The Labute approximate surface area is 81.3 Å². The van der Waals surface area contributed by atoms with Crippen LogP contribution in [-0.2, 0) is 11.3 Å². The van der Waals surface area contributed by atoms with Gasteiger partial charge in [0, 0.05) is 12.2 Å². The predicted octanol–water partition coefficient (Wildman–Crippen LogP) is 1.26. The molecule has 74 valence electrons. The first kappa shape index (κ1) is 9.15. The maximum Gasteiger partial charge on any atom is 0.241 e. The number of rotatable bonds is 0. The highest BCUT2D eigenvalue weighted by molar-refractivity contribution is 5.95. The normalized spacial score (nSPS) is 21.0. The van der Waals surface area contributed by atoms with Gasteiger partial charge in [-0.05, 0) is 24.6 Å². The zero-order valence-corrected chi connectivity index (χ0v) is 7.80. The van der Waals surface area contributed by atoms with Crippen molar-refractivity contribution in [2.24, 2.45) is 0 Å². The highest BCUT2D eigenvalue weighted by Gasteiger charge is 2.18. The molecule has 0 saturated carbocycles. The van der Waals surface area contributed by atoms with E-state index in [0.29, 0.717) is 12.2 Å². The minimum Gasteiger partial charge on any atom is -0.324 e. The molecule has 0 spiro atoms. The summed E-state index contributed by atoms with van der Waals surface area (Å²) in [6.45, 7) is 2.35. The monoisotopic (exact) mass is 194 g/mol. The Kier molecular flexibility index (Phi) is 2.21. The molecule has 14 heavy (non-hydrogen) atoms. The summed E-state index contributed by atoms with van der Waals surface area (Å²) in [6, 6.07) is 4.16. The molecule has 1 aliphatic heterocycles. The lowest BCUT2D eigenvalue weighted by atomic mass is 10.2. The van der Waals surface area contributed by atoms with E-state index in [-0.39, 0.29) is 17.8 Å². The third-order valence-corrected chi connectivity index (χ3v) is 2.32. The fraction of sp³-hybridized carbons (Fsp3) is 0.300. The van der Waals surface area contributed by atoms with Crippen LogP contribution in [0.5, 0.6) is 0 Å². The molecule has 0 aromatic heterocycles. The second-order valence-corrected chi connectivity index (χ2v) is 3.39. The SMILES string of the molecule is CC1NCc2ccc(F)cc2NC1=O. The maximum atomic E-state index is 12.9. The maximum absolute atomic E-state index is 12.9. The molecule has 2 N–H and O–H groups in total. The molecule has 1 aromatic rings. The van der Waals surface area contributed by atoms with E-state index in [1.54, 1.807) is 13.0 Å². The molecule has 1 amide bonds. The number of carbonyl (C=O) groups is 1. The molecule has 2 rings (SSSR count). The van der Waals surface area contributed by atoms with Gasteiger partial charge in [-0.1, -0.05) is 6.07 Å². The Hall–Kier alpha value is -1.42. The van der Waals surface area contributed by atoms with Crippen LogP contribution in [-0.4, -0.2) is 11.9 Å². The molecule has 3 nitrogen and oxygen atoms in total. The standard InChI is InChI=1S/C10H11FN2O/c1-6-10(14)13-9-4-8(11)3-2-7(9)5-12-6/h2-4,6,12H,5H2,1H3,(H,13,14). The number of halogens is 1. The van der Waals surface area contributed by atoms with E-state index in [4.69, 9.17) is 0 Å². The van der Waals surface area contributed by atoms with Crippen LogP contribution in [0.25, 0.3) is 0 Å². The molecule has 0 bridgehead atoms. The van der Waals surface area contributed by atoms with Gasteiger partial charge in [-0.2, -0.15) is 0 Å². The summed E-state index contributed by atoms with van der Waals surface area (Å²) in [7, 11) is 0. The second-order valence-electron chi connectivity index (χ2n) is 3.39. The summed E-state index contributed by atoms with van der Waals surface area (Å²) < 4.78 is 12.9. The summed E-state index contributed by atoms with van der Waals surface area (Å²) in [6.07, 6.45) is 0. The number of carbonyl (C=O) groups excluding carboxylic acids is 1. The van der Waals surface area contributed by atoms with Crippen LogP contribution >= 0.6 is 0 Å². The van der Waals surface area contributed by atoms with Crippen molar-refractivity contribution in [3.63, 3.8) is 0 Å². The van der Waals surface area contributed by atoms with Crippen molar-refractivity contribution in [3.05, 3.63) is 29.6 Å². The van der Waals surface area contributed by atoms with Gasteiger partial charge in [0.2, 0.25) is 5.91 Å². The topological polar surface area (TPSA) is 41.1 Å². The summed E-state index contributed by atoms with van der Waals surface area (Å²) in [4.78, 5) is 11.4. The summed E-state index contributed by atoms with van der Waals surface area (Å²) in [5.41, 5.74) is 1.47. The van der Waals surface area contributed by atoms with E-state index in [1.807, 2.05) is 0 Å². The molecule has 4 heteroatoms. The van der Waals surface area contributed by atoms with E-state index in [0.717, 1.165) is 5.56 Å². The second kappa shape index (κ2) is 3.38. The fourth-order valence-corrected chi connectivity index (χ4v) is 1.42. The molecular weight excluding hydrogens is 183 g/mol. The zero-order valence-electron chi connectivity index (χ0n) is 7.80. The van der Waals surface area contributed by atoms with Crippen molar-refractivity contribution in [2.75, 3.05) is 5.32 Å². The smallest absolute Gasteiger partial charge is 0.241 e. The van der Waals surface area contributed by atoms with Gasteiger partial charge in [0.1, 0.15) is 5.82 Å². The highest BCUT2D eigenvalue weighted by Crippen LogP contribution is 2.19. The van der Waals surface area contributed by atoms with Crippen molar-refractivity contribution < 1.29 is 9.18 Å². The first-order valence-electron chi connectivity index (χ1n) is 4.49. The predicted molar refractivity (Wildman–Crippen MR) is 51.3 cm³/mol. The van der Waals surface area contributed by atoms with E-state index in [1.165, 1.54) is 12.1 Å². The highest BCUT2D eigenvalue weighted by atomic mass is 19.1. The van der Waals surface area contributed by atoms with E-state index in [9.17, 15) is 9.18 Å². The van der Waals surface area contributed by atoms with Crippen LogP contribution in [0.3, 0.4) is 0 Å². The molecule has 1 heterocycles. The number of amides is 1. The molecule has 1 aromatic carbocycles. The lowest BCUT2D eigenvalue weighted by Crippen LogP contribution is -2.34. The first-order valence-corrected chi connectivity index (χ1v) is 4.49. The number of benzene rings is 1. The summed E-state index contributed by atoms with van der Waals surface area (Å²) in [5, 5.41) is 5.71. The largest absolute Gasteiger partial charge is 0.324 e. The molecule has 0 fully saturated rings. The minimum atomic E-state index is -0.335. The lowest BCUT2D eigenvalue weighted by molar-refractivity contribution is -0.117. The van der Waals surface area contributed by atoms with Gasteiger partial charge in [0.25, 0.3) is 0 Å². The Balaban J connectivity index is 2.38. The molecule has 1 aliphatic rings. The van der Waals surface area contributed by atoms with Gasteiger partial charge < -0.3 is 10.6 Å². The van der Waals surface area contributed by atoms with Crippen molar-refractivity contribution in [1.29, 1.82) is 0 Å². The van der Waals surface area contributed by atoms with Gasteiger partial charge in [0.05, 0.1) is 6.04 Å². The third-order valence-electron chi connectivity index (χ3n) is 2.32. The van der Waals surface area contributed by atoms with Crippen LogP contribution in [0.4, 0.5) is 10.1 Å². The Morgan fingerprint density at radius 1 is 1.50 bits per heavy atom. The van der Waals surface area contributed by atoms with E-state index < -0.39 is 0 Å². The van der Waals surface area contributed by atoms with Crippen LogP contribution in [0.15, 0.2) is 18.2 Å². The van der Waals surface area contributed by atoms with Crippen molar-refractivity contribution in [2.45, 2.75) is 19.5 Å². The Bertz CT molecular complexity index is 378. The number of hydrogen-bond acceptors (Lipinski definition) is 2. The van der Waals surface area contributed by atoms with Crippen molar-refractivity contribution in [1.82, 2.24) is 5.32 Å². The molecule has 0 aliphatic carbocycles. The van der Waals surface area contributed by atoms with Gasteiger partial charge in [-0.15, -0.1) is 0 Å². The number of hydrogen-bond donors (Lipinski definition) is 2. The van der Waals surface area contributed by atoms with Crippen molar-refractivity contribution >= 4 is 11.6 Å². The molecular formula is C10H11FN2O. The Morgan fingerprint density at radius 3 is 3.07 bits per heavy atom. The number of anilines is 1. The fourth-order valence-electron chi connectivity index (χ4n) is 1.42. The van der Waals surface area contributed by atoms with Crippen LogP contribution in [0, 0.1) is 5.82 Å². The quantitative estimate of drug-likeness (QED) is 0.652. The average molecular weight is 194 g/mol. The third kappa shape index (κ3) is 1.61. The first-order chi connectivity index (χ1) is 6.66.